The molecule has 2 aromatic heterocycles. The largest absolute Gasteiger partial charge is 0.470 e. The van der Waals surface area contributed by atoms with Gasteiger partial charge in [0.2, 0.25) is 5.89 Å². The second-order valence-electron chi connectivity index (χ2n) is 6.89. The van der Waals surface area contributed by atoms with E-state index in [9.17, 15) is 18.0 Å². The molecule has 4 rings (SSSR count). The van der Waals surface area contributed by atoms with Crippen molar-refractivity contribution in [2.45, 2.75) is 12.7 Å². The average molecular weight is 468 g/mol. The Morgan fingerprint density at radius 2 is 1.81 bits per heavy atom. The van der Waals surface area contributed by atoms with Crippen LogP contribution in [-0.2, 0) is 17.5 Å². The van der Waals surface area contributed by atoms with Gasteiger partial charge >= 0.3 is 18.1 Å². The number of carbonyl (C=O) groups excluding carboxylic acids is 1. The number of hydrogen-bond acceptors (Lipinski definition) is 6. The Hall–Kier alpha value is -3.18. The van der Waals surface area contributed by atoms with E-state index in [0.717, 1.165) is 0 Å². The summed E-state index contributed by atoms with van der Waals surface area (Å²) in [6.45, 7) is 1.98. The van der Waals surface area contributed by atoms with Crippen molar-refractivity contribution in [3.8, 4) is 11.5 Å². The summed E-state index contributed by atoms with van der Waals surface area (Å²) in [4.78, 5) is 20.7. The van der Waals surface area contributed by atoms with E-state index in [4.69, 9.17) is 16.3 Å². The Balaban J connectivity index is 1.55. The maximum Gasteiger partial charge on any atom is 0.470 e. The molecule has 3 aromatic rings. The lowest BCUT2D eigenvalue weighted by Gasteiger charge is -2.33. The first-order valence-electron chi connectivity index (χ1n) is 9.57. The molecule has 12 heteroatoms. The number of aromatic nitrogens is 3. The highest BCUT2D eigenvalue weighted by Crippen LogP contribution is 2.30. The summed E-state index contributed by atoms with van der Waals surface area (Å²) in [6, 6.07) is 9.70. The van der Waals surface area contributed by atoms with Crippen LogP contribution in [0.4, 0.5) is 23.7 Å². The topological polar surface area (TPSA) is 84.6 Å². The van der Waals surface area contributed by atoms with Gasteiger partial charge in [-0.1, -0.05) is 11.6 Å². The van der Waals surface area contributed by atoms with Crippen LogP contribution in [0, 0.1) is 0 Å². The van der Waals surface area contributed by atoms with E-state index in [1.54, 1.807) is 40.1 Å². The second kappa shape index (κ2) is 9.13. The zero-order chi connectivity index (χ0) is 22.7. The third kappa shape index (κ3) is 5.00. The number of ether oxygens (including phenoxy) is 1. The van der Waals surface area contributed by atoms with E-state index in [1.165, 1.54) is 12.3 Å². The average Bonchev–Trinajstić information content (AvgIpc) is 3.30. The van der Waals surface area contributed by atoms with Crippen LogP contribution in [-0.4, -0.2) is 52.4 Å². The molecule has 8 nitrogen and oxygen atoms in total. The van der Waals surface area contributed by atoms with Crippen molar-refractivity contribution in [2.75, 3.05) is 31.2 Å². The number of benzene rings is 1. The Kier molecular flexibility index (Phi) is 6.28. The van der Waals surface area contributed by atoms with Crippen molar-refractivity contribution < 1.29 is 27.1 Å². The number of urea groups is 1. The molecule has 1 aromatic carbocycles. The van der Waals surface area contributed by atoms with Gasteiger partial charge < -0.3 is 14.1 Å². The summed E-state index contributed by atoms with van der Waals surface area (Å²) >= 11 is 5.98. The van der Waals surface area contributed by atoms with E-state index in [2.05, 4.69) is 19.6 Å². The van der Waals surface area contributed by atoms with Gasteiger partial charge in [-0.3, -0.25) is 9.88 Å². The van der Waals surface area contributed by atoms with Gasteiger partial charge in [-0.05, 0) is 36.4 Å². The highest BCUT2D eigenvalue weighted by atomic mass is 35.5. The minimum atomic E-state index is -4.72. The van der Waals surface area contributed by atoms with E-state index in [-0.39, 0.29) is 24.0 Å². The second-order valence-corrected chi connectivity index (χ2v) is 7.33. The van der Waals surface area contributed by atoms with Gasteiger partial charge in [-0.2, -0.15) is 13.2 Å². The molecule has 1 saturated heterocycles. The van der Waals surface area contributed by atoms with E-state index in [0.29, 0.717) is 42.7 Å². The van der Waals surface area contributed by atoms with Crippen LogP contribution < -0.4 is 4.90 Å². The minimum Gasteiger partial charge on any atom is -0.413 e. The molecule has 3 heterocycles. The maximum atomic E-state index is 13.2. The molecular weight excluding hydrogens is 451 g/mol. The molecule has 0 aliphatic carbocycles. The number of rotatable bonds is 4. The molecule has 2 amide bonds. The van der Waals surface area contributed by atoms with Crippen LogP contribution in [0.25, 0.3) is 11.5 Å². The molecule has 0 radical (unpaired) electrons. The smallest absolute Gasteiger partial charge is 0.413 e. The van der Waals surface area contributed by atoms with E-state index in [1.807, 2.05) is 0 Å². The molecule has 1 aliphatic rings. The molecular formula is C20H17ClF3N5O3. The Morgan fingerprint density at radius 1 is 1.09 bits per heavy atom. The SMILES string of the molecule is O=C(N1CCOCC1)N(Cc1ccc(-c2nnc(C(F)(F)F)o2)cn1)c1ccc(Cl)cc1. The fourth-order valence-corrected chi connectivity index (χ4v) is 3.20. The zero-order valence-corrected chi connectivity index (χ0v) is 17.3. The van der Waals surface area contributed by atoms with Gasteiger partial charge in [0.25, 0.3) is 0 Å². The molecule has 1 aliphatic heterocycles. The lowest BCUT2D eigenvalue weighted by atomic mass is 10.2. The molecule has 0 N–H and O–H groups in total. The molecule has 0 spiro atoms. The maximum absolute atomic E-state index is 13.2. The van der Waals surface area contributed by atoms with E-state index < -0.39 is 12.1 Å². The molecule has 32 heavy (non-hydrogen) atoms. The molecule has 168 valence electrons. The number of nitrogens with zero attached hydrogens (tertiary/aromatic N) is 5. The predicted molar refractivity (Wildman–Crippen MR) is 108 cm³/mol. The Bertz CT molecular complexity index is 1070. The van der Waals surface area contributed by atoms with Gasteiger partial charge in [0.15, 0.2) is 0 Å². The first kappa shape index (κ1) is 22.0. The van der Waals surface area contributed by atoms with Crippen molar-refractivity contribution in [1.29, 1.82) is 0 Å². The molecule has 0 saturated carbocycles. The predicted octanol–water partition coefficient (Wildman–Crippen LogP) is 4.26. The van der Waals surface area contributed by atoms with Gasteiger partial charge in [-0.15, -0.1) is 10.2 Å². The lowest BCUT2D eigenvalue weighted by molar-refractivity contribution is -0.156. The zero-order valence-electron chi connectivity index (χ0n) is 16.5. The summed E-state index contributed by atoms with van der Waals surface area (Å²) in [6.07, 6.45) is -3.40. The minimum absolute atomic E-state index is 0.135. The number of amides is 2. The van der Waals surface area contributed by atoms with Crippen LogP contribution in [0.3, 0.4) is 0 Å². The Morgan fingerprint density at radius 3 is 2.41 bits per heavy atom. The number of anilines is 1. The molecule has 0 unspecified atom stereocenters. The van der Waals surface area contributed by atoms with Crippen molar-refractivity contribution in [1.82, 2.24) is 20.1 Å². The quantitative estimate of drug-likeness (QED) is 0.570. The van der Waals surface area contributed by atoms with Gasteiger partial charge in [0.1, 0.15) is 0 Å². The lowest BCUT2D eigenvalue weighted by Crippen LogP contribution is -2.48. The first-order chi connectivity index (χ1) is 15.3. The Labute approximate surface area is 185 Å². The monoisotopic (exact) mass is 467 g/mol. The van der Waals surface area contributed by atoms with Crippen LogP contribution in [0.1, 0.15) is 11.6 Å². The van der Waals surface area contributed by atoms with Gasteiger partial charge in [0, 0.05) is 30.0 Å². The van der Waals surface area contributed by atoms with E-state index >= 15 is 0 Å². The highest BCUT2D eigenvalue weighted by molar-refractivity contribution is 6.30. The fraction of sp³-hybridized carbons (Fsp3) is 0.300. The summed E-state index contributed by atoms with van der Waals surface area (Å²) in [5.74, 6) is -1.73. The standard InChI is InChI=1S/C20H17ClF3N5O3/c21-14-2-5-16(6-3-14)29(19(30)28-7-9-31-10-8-28)12-15-4-1-13(11-25-15)17-26-27-18(32-17)20(22,23)24/h1-6,11H,7-10,12H2. The highest BCUT2D eigenvalue weighted by Gasteiger charge is 2.38. The van der Waals surface area contributed by atoms with Gasteiger partial charge in [0.05, 0.1) is 31.0 Å². The molecule has 0 atom stereocenters. The summed E-state index contributed by atoms with van der Waals surface area (Å²) in [5, 5.41) is 6.96. The van der Waals surface area contributed by atoms with Crippen molar-refractivity contribution in [3.63, 3.8) is 0 Å². The fourth-order valence-electron chi connectivity index (χ4n) is 3.08. The summed E-state index contributed by atoms with van der Waals surface area (Å²) in [5.41, 5.74) is 1.37. The first-order valence-corrected chi connectivity index (χ1v) is 9.95. The van der Waals surface area contributed by atoms with Crippen molar-refractivity contribution in [3.05, 3.63) is 59.2 Å². The van der Waals surface area contributed by atoms with Gasteiger partial charge in [-0.25, -0.2) is 4.79 Å². The summed E-state index contributed by atoms with van der Waals surface area (Å²) < 4.78 is 48.0. The van der Waals surface area contributed by atoms with Crippen LogP contribution in [0.5, 0.6) is 0 Å². The number of alkyl halides is 3. The van der Waals surface area contributed by atoms with Crippen molar-refractivity contribution in [2.24, 2.45) is 0 Å². The van der Waals surface area contributed by atoms with Crippen LogP contribution in [0.15, 0.2) is 47.0 Å². The molecule has 1 fully saturated rings. The van der Waals surface area contributed by atoms with Crippen molar-refractivity contribution >= 4 is 23.3 Å². The number of hydrogen-bond donors (Lipinski definition) is 0. The summed E-state index contributed by atoms with van der Waals surface area (Å²) in [7, 11) is 0. The normalized spacial score (nSPS) is 14.4. The third-order valence-electron chi connectivity index (χ3n) is 4.71. The number of pyridine rings is 1. The number of halogens is 4. The van der Waals surface area contributed by atoms with Crippen LogP contribution in [0.2, 0.25) is 5.02 Å². The third-order valence-corrected chi connectivity index (χ3v) is 4.96. The number of carbonyl (C=O) groups is 1. The number of morpholine rings is 1. The molecule has 0 bridgehead atoms. The van der Waals surface area contributed by atoms with Crippen LogP contribution >= 0.6 is 11.6 Å².